The predicted molar refractivity (Wildman–Crippen MR) is 57.7 cm³/mol. The first kappa shape index (κ1) is 11.0. The van der Waals surface area contributed by atoms with Crippen LogP contribution in [-0.2, 0) is 0 Å². The molecule has 0 aromatic heterocycles. The Morgan fingerprint density at radius 2 is 2.00 bits per heavy atom. The highest BCUT2D eigenvalue weighted by atomic mass is 15.2. The first-order valence-electron chi connectivity index (χ1n) is 5.68. The molecule has 2 unspecified atom stereocenters. The summed E-state index contributed by atoms with van der Waals surface area (Å²) >= 11 is 0. The summed E-state index contributed by atoms with van der Waals surface area (Å²) in [6, 6.07) is 1.16. The van der Waals surface area contributed by atoms with Crippen molar-refractivity contribution in [3.8, 4) is 0 Å². The summed E-state index contributed by atoms with van der Waals surface area (Å²) in [5.41, 5.74) is 6.07. The maximum absolute atomic E-state index is 6.07. The molecule has 1 rings (SSSR count). The van der Waals surface area contributed by atoms with Gasteiger partial charge < -0.3 is 5.73 Å². The largest absolute Gasteiger partial charge is 0.326 e. The Balaban J connectivity index is 2.44. The van der Waals surface area contributed by atoms with Gasteiger partial charge in [0.25, 0.3) is 0 Å². The van der Waals surface area contributed by atoms with Crippen LogP contribution < -0.4 is 5.73 Å². The monoisotopic (exact) mass is 184 g/mol. The predicted octanol–water partition coefficient (Wildman–Crippen LogP) is 1.84. The van der Waals surface area contributed by atoms with E-state index < -0.39 is 0 Å². The molecule has 78 valence electrons. The SMILES string of the molecule is CCC(CC)N1CCC(C)C(N)C1. The number of likely N-dealkylation sites (tertiary alicyclic amines) is 1. The van der Waals surface area contributed by atoms with Gasteiger partial charge in [0, 0.05) is 18.6 Å². The average molecular weight is 184 g/mol. The van der Waals surface area contributed by atoms with Gasteiger partial charge in [0.1, 0.15) is 0 Å². The van der Waals surface area contributed by atoms with Gasteiger partial charge in [-0.05, 0) is 31.7 Å². The first-order chi connectivity index (χ1) is 6.19. The molecule has 2 nitrogen and oxygen atoms in total. The minimum absolute atomic E-state index is 0.398. The second-order valence-electron chi connectivity index (χ2n) is 4.40. The number of hydrogen-bond acceptors (Lipinski definition) is 2. The van der Waals surface area contributed by atoms with Crippen LogP contribution in [0.25, 0.3) is 0 Å². The lowest BCUT2D eigenvalue weighted by atomic mass is 9.92. The molecule has 2 N–H and O–H groups in total. The van der Waals surface area contributed by atoms with Crippen molar-refractivity contribution < 1.29 is 0 Å². The summed E-state index contributed by atoms with van der Waals surface area (Å²) < 4.78 is 0. The molecule has 1 aliphatic rings. The zero-order valence-electron chi connectivity index (χ0n) is 9.29. The van der Waals surface area contributed by atoms with Crippen LogP contribution in [0.5, 0.6) is 0 Å². The molecular formula is C11H24N2. The van der Waals surface area contributed by atoms with Crippen LogP contribution in [-0.4, -0.2) is 30.1 Å². The van der Waals surface area contributed by atoms with E-state index in [1.165, 1.54) is 25.8 Å². The Labute approximate surface area is 82.5 Å². The Morgan fingerprint density at radius 3 is 2.46 bits per heavy atom. The van der Waals surface area contributed by atoms with E-state index in [9.17, 15) is 0 Å². The Bertz CT molecular complexity index is 143. The summed E-state index contributed by atoms with van der Waals surface area (Å²) in [6.07, 6.45) is 3.80. The number of piperidine rings is 1. The second kappa shape index (κ2) is 4.97. The molecular weight excluding hydrogens is 160 g/mol. The summed E-state index contributed by atoms with van der Waals surface area (Å²) in [5.74, 6) is 0.714. The maximum Gasteiger partial charge on any atom is 0.0194 e. The standard InChI is InChI=1S/C11H24N2/c1-4-10(5-2)13-7-6-9(3)11(12)8-13/h9-11H,4-8,12H2,1-3H3. The molecule has 0 saturated carbocycles. The lowest BCUT2D eigenvalue weighted by Crippen LogP contribution is -2.50. The van der Waals surface area contributed by atoms with Crippen LogP contribution in [0.2, 0.25) is 0 Å². The highest BCUT2D eigenvalue weighted by Crippen LogP contribution is 2.19. The van der Waals surface area contributed by atoms with E-state index in [2.05, 4.69) is 25.7 Å². The molecule has 0 bridgehead atoms. The maximum atomic E-state index is 6.07. The molecule has 13 heavy (non-hydrogen) atoms. The second-order valence-corrected chi connectivity index (χ2v) is 4.40. The van der Waals surface area contributed by atoms with E-state index in [0.29, 0.717) is 12.0 Å². The van der Waals surface area contributed by atoms with Gasteiger partial charge in [-0.2, -0.15) is 0 Å². The molecule has 1 aliphatic heterocycles. The fourth-order valence-electron chi connectivity index (χ4n) is 2.26. The van der Waals surface area contributed by atoms with Crippen molar-refractivity contribution in [2.45, 2.75) is 52.1 Å². The van der Waals surface area contributed by atoms with Crippen molar-refractivity contribution >= 4 is 0 Å². The Kier molecular flexibility index (Phi) is 4.20. The van der Waals surface area contributed by atoms with Crippen LogP contribution in [0.1, 0.15) is 40.0 Å². The van der Waals surface area contributed by atoms with E-state index >= 15 is 0 Å². The van der Waals surface area contributed by atoms with Crippen molar-refractivity contribution in [3.05, 3.63) is 0 Å². The molecule has 0 amide bonds. The van der Waals surface area contributed by atoms with Crippen LogP contribution in [0.3, 0.4) is 0 Å². The van der Waals surface area contributed by atoms with Gasteiger partial charge in [-0.1, -0.05) is 20.8 Å². The minimum Gasteiger partial charge on any atom is -0.326 e. The highest BCUT2D eigenvalue weighted by Gasteiger charge is 2.26. The molecule has 0 aromatic carbocycles. The Hall–Kier alpha value is -0.0800. The normalized spacial score (nSPS) is 31.2. The average Bonchev–Trinajstić information content (AvgIpc) is 2.13. The third-order valence-electron chi connectivity index (χ3n) is 3.51. The third-order valence-corrected chi connectivity index (χ3v) is 3.51. The smallest absolute Gasteiger partial charge is 0.0194 e. The Morgan fingerprint density at radius 1 is 1.38 bits per heavy atom. The zero-order chi connectivity index (χ0) is 9.84. The van der Waals surface area contributed by atoms with E-state index in [1.807, 2.05) is 0 Å². The fourth-order valence-corrected chi connectivity index (χ4v) is 2.26. The lowest BCUT2D eigenvalue weighted by molar-refractivity contribution is 0.114. The van der Waals surface area contributed by atoms with Gasteiger partial charge >= 0.3 is 0 Å². The van der Waals surface area contributed by atoms with Crippen molar-refractivity contribution in [1.82, 2.24) is 4.90 Å². The molecule has 2 heteroatoms. The molecule has 0 aliphatic carbocycles. The summed E-state index contributed by atoms with van der Waals surface area (Å²) in [6.45, 7) is 9.18. The first-order valence-corrected chi connectivity index (χ1v) is 5.68. The van der Waals surface area contributed by atoms with Crippen molar-refractivity contribution in [3.63, 3.8) is 0 Å². The third kappa shape index (κ3) is 2.68. The van der Waals surface area contributed by atoms with Gasteiger partial charge in [-0.25, -0.2) is 0 Å². The van der Waals surface area contributed by atoms with Gasteiger partial charge in [0.05, 0.1) is 0 Å². The van der Waals surface area contributed by atoms with Gasteiger partial charge in [-0.15, -0.1) is 0 Å². The highest BCUT2D eigenvalue weighted by molar-refractivity contribution is 4.83. The van der Waals surface area contributed by atoms with E-state index in [1.54, 1.807) is 0 Å². The molecule has 1 heterocycles. The van der Waals surface area contributed by atoms with Crippen LogP contribution in [0.15, 0.2) is 0 Å². The quantitative estimate of drug-likeness (QED) is 0.725. The fraction of sp³-hybridized carbons (Fsp3) is 1.00. The number of hydrogen-bond donors (Lipinski definition) is 1. The van der Waals surface area contributed by atoms with E-state index in [-0.39, 0.29) is 0 Å². The molecule has 0 spiro atoms. The van der Waals surface area contributed by atoms with Crippen LogP contribution in [0, 0.1) is 5.92 Å². The van der Waals surface area contributed by atoms with E-state index in [4.69, 9.17) is 5.73 Å². The molecule has 0 radical (unpaired) electrons. The zero-order valence-corrected chi connectivity index (χ0v) is 9.29. The number of nitrogens with two attached hydrogens (primary N) is 1. The molecule has 1 fully saturated rings. The number of rotatable bonds is 3. The summed E-state index contributed by atoms with van der Waals surface area (Å²) in [4.78, 5) is 2.57. The topological polar surface area (TPSA) is 29.3 Å². The summed E-state index contributed by atoms with van der Waals surface area (Å²) in [5, 5.41) is 0. The number of nitrogens with zero attached hydrogens (tertiary/aromatic N) is 1. The van der Waals surface area contributed by atoms with E-state index in [0.717, 1.165) is 12.6 Å². The van der Waals surface area contributed by atoms with Gasteiger partial charge in [-0.3, -0.25) is 4.90 Å². The molecule has 1 saturated heterocycles. The van der Waals surface area contributed by atoms with Gasteiger partial charge in [0.2, 0.25) is 0 Å². The molecule has 0 aromatic rings. The van der Waals surface area contributed by atoms with Crippen molar-refractivity contribution in [2.24, 2.45) is 11.7 Å². The van der Waals surface area contributed by atoms with Crippen molar-refractivity contribution in [2.75, 3.05) is 13.1 Å². The van der Waals surface area contributed by atoms with Crippen LogP contribution >= 0.6 is 0 Å². The van der Waals surface area contributed by atoms with Crippen molar-refractivity contribution in [1.29, 1.82) is 0 Å². The minimum atomic E-state index is 0.398. The lowest BCUT2D eigenvalue weighted by Gasteiger charge is -2.39. The van der Waals surface area contributed by atoms with Crippen LogP contribution in [0.4, 0.5) is 0 Å². The molecule has 2 atom stereocenters. The summed E-state index contributed by atoms with van der Waals surface area (Å²) in [7, 11) is 0. The van der Waals surface area contributed by atoms with Gasteiger partial charge in [0.15, 0.2) is 0 Å².